The van der Waals surface area contributed by atoms with Crippen LogP contribution in [0, 0.1) is 5.92 Å². The molecule has 0 spiro atoms. The lowest BCUT2D eigenvalue weighted by Gasteiger charge is -2.21. The van der Waals surface area contributed by atoms with E-state index in [1.165, 1.54) is 83.5 Å². The standard InChI is InChI=1S/C21H44O3/c1-4-7-8-9-10-11-12-13-14-15-17-20(16-5-2)19-24-21(18-22)23-6-3/h20-22H,4-19H2,1-3H3. The van der Waals surface area contributed by atoms with E-state index < -0.39 is 6.29 Å². The molecule has 0 fully saturated rings. The molecule has 3 heteroatoms. The smallest absolute Gasteiger partial charge is 0.180 e. The van der Waals surface area contributed by atoms with Crippen molar-refractivity contribution in [3.63, 3.8) is 0 Å². The van der Waals surface area contributed by atoms with E-state index in [1.807, 2.05) is 6.92 Å². The third-order valence-electron chi connectivity index (χ3n) is 4.68. The van der Waals surface area contributed by atoms with Gasteiger partial charge in [0.15, 0.2) is 6.29 Å². The number of hydrogen-bond donors (Lipinski definition) is 1. The average molecular weight is 345 g/mol. The highest BCUT2D eigenvalue weighted by Crippen LogP contribution is 2.18. The molecule has 0 heterocycles. The van der Waals surface area contributed by atoms with Crippen LogP contribution < -0.4 is 0 Å². The summed E-state index contributed by atoms with van der Waals surface area (Å²) >= 11 is 0. The van der Waals surface area contributed by atoms with E-state index in [0.717, 1.165) is 6.61 Å². The summed E-state index contributed by atoms with van der Waals surface area (Å²) < 4.78 is 11.1. The summed E-state index contributed by atoms with van der Waals surface area (Å²) in [5.41, 5.74) is 0. The van der Waals surface area contributed by atoms with Gasteiger partial charge in [-0.25, -0.2) is 0 Å². The molecule has 0 aromatic heterocycles. The van der Waals surface area contributed by atoms with Crippen molar-refractivity contribution in [2.45, 2.75) is 111 Å². The fourth-order valence-electron chi connectivity index (χ4n) is 3.22. The molecular weight excluding hydrogens is 300 g/mol. The number of hydrogen-bond acceptors (Lipinski definition) is 3. The number of rotatable bonds is 19. The van der Waals surface area contributed by atoms with Gasteiger partial charge in [-0.3, -0.25) is 0 Å². The Bertz CT molecular complexity index is 233. The molecule has 2 atom stereocenters. The monoisotopic (exact) mass is 344 g/mol. The van der Waals surface area contributed by atoms with Crippen LogP contribution in [0.25, 0.3) is 0 Å². The summed E-state index contributed by atoms with van der Waals surface area (Å²) in [6, 6.07) is 0. The molecule has 146 valence electrons. The highest BCUT2D eigenvalue weighted by atomic mass is 16.7. The molecule has 24 heavy (non-hydrogen) atoms. The maximum atomic E-state index is 9.21. The zero-order valence-corrected chi connectivity index (χ0v) is 16.7. The van der Waals surface area contributed by atoms with Crippen molar-refractivity contribution in [1.82, 2.24) is 0 Å². The Morgan fingerprint density at radius 3 is 1.75 bits per heavy atom. The van der Waals surface area contributed by atoms with Gasteiger partial charge in [-0.15, -0.1) is 0 Å². The van der Waals surface area contributed by atoms with Crippen molar-refractivity contribution in [1.29, 1.82) is 0 Å². The molecule has 1 N–H and O–H groups in total. The number of aliphatic hydroxyl groups is 1. The van der Waals surface area contributed by atoms with Crippen LogP contribution in [0.3, 0.4) is 0 Å². The Morgan fingerprint density at radius 1 is 0.667 bits per heavy atom. The topological polar surface area (TPSA) is 38.7 Å². The highest BCUT2D eigenvalue weighted by Gasteiger charge is 2.12. The summed E-state index contributed by atoms with van der Waals surface area (Å²) in [7, 11) is 0. The van der Waals surface area contributed by atoms with E-state index in [9.17, 15) is 5.11 Å². The minimum atomic E-state index is -0.443. The van der Waals surface area contributed by atoms with Gasteiger partial charge in [0.1, 0.15) is 0 Å². The second kappa shape index (κ2) is 19.2. The van der Waals surface area contributed by atoms with E-state index in [4.69, 9.17) is 9.47 Å². The fraction of sp³-hybridized carbons (Fsp3) is 1.00. The Balaban J connectivity index is 3.59. The van der Waals surface area contributed by atoms with Crippen LogP contribution in [0.5, 0.6) is 0 Å². The van der Waals surface area contributed by atoms with E-state index in [0.29, 0.717) is 12.5 Å². The van der Waals surface area contributed by atoms with Gasteiger partial charge in [0.2, 0.25) is 0 Å². The van der Waals surface area contributed by atoms with Gasteiger partial charge in [0.25, 0.3) is 0 Å². The van der Waals surface area contributed by atoms with Crippen LogP contribution >= 0.6 is 0 Å². The Kier molecular flexibility index (Phi) is 19.1. The molecule has 0 saturated carbocycles. The van der Waals surface area contributed by atoms with E-state index in [-0.39, 0.29) is 6.61 Å². The summed E-state index contributed by atoms with van der Waals surface area (Å²) in [5.74, 6) is 0.610. The lowest BCUT2D eigenvalue weighted by atomic mass is 9.96. The van der Waals surface area contributed by atoms with Gasteiger partial charge in [-0.1, -0.05) is 84.5 Å². The Morgan fingerprint density at radius 2 is 1.25 bits per heavy atom. The largest absolute Gasteiger partial charge is 0.391 e. The number of aliphatic hydroxyl groups excluding tert-OH is 1. The van der Waals surface area contributed by atoms with Crippen molar-refractivity contribution in [3.8, 4) is 0 Å². The molecule has 0 amide bonds. The lowest BCUT2D eigenvalue weighted by molar-refractivity contribution is -0.167. The van der Waals surface area contributed by atoms with Gasteiger partial charge in [-0.05, 0) is 25.7 Å². The van der Waals surface area contributed by atoms with Crippen molar-refractivity contribution in [2.75, 3.05) is 19.8 Å². The molecule has 0 saturated heterocycles. The van der Waals surface area contributed by atoms with Crippen LogP contribution in [0.1, 0.15) is 104 Å². The molecule has 0 aliphatic carbocycles. The second-order valence-electron chi connectivity index (χ2n) is 7.03. The molecule has 0 aliphatic rings. The zero-order valence-electron chi connectivity index (χ0n) is 16.7. The molecular formula is C21H44O3. The third-order valence-corrected chi connectivity index (χ3v) is 4.68. The zero-order chi connectivity index (χ0) is 17.9. The molecule has 0 rings (SSSR count). The Hall–Kier alpha value is -0.120. The Labute approximate surface area is 151 Å². The lowest BCUT2D eigenvalue weighted by Crippen LogP contribution is -2.24. The molecule has 0 aliphatic heterocycles. The predicted molar refractivity (Wildman–Crippen MR) is 103 cm³/mol. The second-order valence-corrected chi connectivity index (χ2v) is 7.03. The minimum absolute atomic E-state index is 0.0507. The van der Waals surface area contributed by atoms with E-state index >= 15 is 0 Å². The SMILES string of the molecule is CCCCCCCCCCCCC(CCC)COC(CO)OCC. The first-order chi connectivity index (χ1) is 11.8. The summed E-state index contributed by atoms with van der Waals surface area (Å²) in [6.07, 6.45) is 17.1. The van der Waals surface area contributed by atoms with Crippen molar-refractivity contribution < 1.29 is 14.6 Å². The van der Waals surface area contributed by atoms with Crippen LogP contribution in [0.4, 0.5) is 0 Å². The van der Waals surface area contributed by atoms with Crippen molar-refractivity contribution in [3.05, 3.63) is 0 Å². The summed E-state index contributed by atoms with van der Waals surface area (Å²) in [6.45, 7) is 7.69. The third kappa shape index (κ3) is 15.4. The molecule has 2 unspecified atom stereocenters. The first-order valence-electron chi connectivity index (χ1n) is 10.6. The minimum Gasteiger partial charge on any atom is -0.391 e. The van der Waals surface area contributed by atoms with Crippen LogP contribution in [-0.2, 0) is 9.47 Å². The summed E-state index contributed by atoms with van der Waals surface area (Å²) in [4.78, 5) is 0. The van der Waals surface area contributed by atoms with Crippen molar-refractivity contribution >= 4 is 0 Å². The molecule has 0 bridgehead atoms. The quantitative estimate of drug-likeness (QED) is 0.228. The molecule has 0 aromatic rings. The van der Waals surface area contributed by atoms with Crippen LogP contribution in [-0.4, -0.2) is 31.2 Å². The fourth-order valence-corrected chi connectivity index (χ4v) is 3.22. The maximum Gasteiger partial charge on any atom is 0.180 e. The first-order valence-corrected chi connectivity index (χ1v) is 10.6. The van der Waals surface area contributed by atoms with Gasteiger partial charge in [0, 0.05) is 6.61 Å². The van der Waals surface area contributed by atoms with Gasteiger partial charge >= 0.3 is 0 Å². The van der Waals surface area contributed by atoms with Crippen LogP contribution in [0.15, 0.2) is 0 Å². The predicted octanol–water partition coefficient (Wildman–Crippen LogP) is 6.09. The summed E-state index contributed by atoms with van der Waals surface area (Å²) in [5, 5.41) is 9.21. The normalized spacial score (nSPS) is 14.0. The van der Waals surface area contributed by atoms with Gasteiger partial charge in [0.05, 0.1) is 13.2 Å². The van der Waals surface area contributed by atoms with E-state index in [1.54, 1.807) is 0 Å². The molecule has 3 nitrogen and oxygen atoms in total. The highest BCUT2D eigenvalue weighted by molar-refractivity contribution is 4.60. The average Bonchev–Trinajstić information content (AvgIpc) is 2.59. The van der Waals surface area contributed by atoms with Crippen molar-refractivity contribution in [2.24, 2.45) is 5.92 Å². The number of unbranched alkanes of at least 4 members (excludes halogenated alkanes) is 9. The van der Waals surface area contributed by atoms with Crippen LogP contribution in [0.2, 0.25) is 0 Å². The van der Waals surface area contributed by atoms with Gasteiger partial charge in [-0.2, -0.15) is 0 Å². The van der Waals surface area contributed by atoms with Gasteiger partial charge < -0.3 is 14.6 Å². The molecule has 0 aromatic carbocycles. The molecule has 0 radical (unpaired) electrons. The van der Waals surface area contributed by atoms with E-state index in [2.05, 4.69) is 13.8 Å². The first kappa shape index (κ1) is 23.9. The number of ether oxygens (including phenoxy) is 2. The maximum absolute atomic E-state index is 9.21.